The Morgan fingerprint density at radius 1 is 1.14 bits per heavy atom. The smallest absolute Gasteiger partial charge is 0.277 e. The number of rotatable bonds is 7. The molecule has 1 atom stereocenters. The second-order valence-electron chi connectivity index (χ2n) is 7.55. The van der Waals surface area contributed by atoms with Gasteiger partial charge in [0.1, 0.15) is 0 Å². The molecule has 8 heteroatoms. The molecule has 0 radical (unpaired) electrons. The minimum absolute atomic E-state index is 0.223. The van der Waals surface area contributed by atoms with E-state index in [4.69, 9.17) is 14.7 Å². The van der Waals surface area contributed by atoms with Gasteiger partial charge in [-0.05, 0) is 42.9 Å². The van der Waals surface area contributed by atoms with Crippen LogP contribution in [0.5, 0.6) is 11.5 Å². The van der Waals surface area contributed by atoms with Gasteiger partial charge in [0.05, 0.1) is 5.56 Å². The number of ether oxygens (including phenoxy) is 2. The average molecular weight is 402 g/mol. The third kappa shape index (κ3) is 7.57. The van der Waals surface area contributed by atoms with E-state index < -0.39 is 5.91 Å². The lowest BCUT2D eigenvalue weighted by Crippen LogP contribution is -2.19. The molecular formula is C21H30N4O4. The molecular weight excluding hydrogens is 372 g/mol. The molecule has 3 N–H and O–H groups in total. The summed E-state index contributed by atoms with van der Waals surface area (Å²) in [4.78, 5) is 19.1. The Balaban J connectivity index is 0.000000248. The van der Waals surface area contributed by atoms with Crippen LogP contribution >= 0.6 is 0 Å². The van der Waals surface area contributed by atoms with Crippen LogP contribution < -0.4 is 20.3 Å². The molecule has 1 aliphatic rings. The van der Waals surface area contributed by atoms with E-state index in [1.807, 2.05) is 25.1 Å². The van der Waals surface area contributed by atoms with Crippen molar-refractivity contribution >= 4 is 11.9 Å². The molecule has 0 saturated carbocycles. The van der Waals surface area contributed by atoms with Crippen LogP contribution in [0.25, 0.3) is 0 Å². The number of carbonyl (C=O) groups is 1. The molecule has 1 aliphatic heterocycles. The molecule has 0 fully saturated rings. The first-order chi connectivity index (χ1) is 13.9. The maximum absolute atomic E-state index is 11.1. The summed E-state index contributed by atoms with van der Waals surface area (Å²) < 4.78 is 10.3. The van der Waals surface area contributed by atoms with E-state index in [0.717, 1.165) is 30.4 Å². The SMILES string of the molecule is CC(C)CCC(C)CNc1ncc(C(=O)NO)cn1.Cc1ccc2c(c1)OCO2. The van der Waals surface area contributed by atoms with Crippen LogP contribution in [-0.4, -0.2) is 34.4 Å². The maximum atomic E-state index is 11.1. The summed E-state index contributed by atoms with van der Waals surface area (Å²) in [6.07, 6.45) is 5.12. The number of anilines is 1. The molecule has 1 aromatic heterocycles. The third-order valence-electron chi connectivity index (χ3n) is 4.39. The van der Waals surface area contributed by atoms with E-state index in [1.54, 1.807) is 0 Å². The Morgan fingerprint density at radius 3 is 2.48 bits per heavy atom. The number of aryl methyl sites for hydroxylation is 1. The molecule has 8 nitrogen and oxygen atoms in total. The molecule has 29 heavy (non-hydrogen) atoms. The Hall–Kier alpha value is -2.87. The number of hydrogen-bond acceptors (Lipinski definition) is 7. The van der Waals surface area contributed by atoms with Gasteiger partial charge < -0.3 is 14.8 Å². The number of benzene rings is 1. The largest absolute Gasteiger partial charge is 0.454 e. The van der Waals surface area contributed by atoms with Gasteiger partial charge in [0, 0.05) is 18.9 Å². The van der Waals surface area contributed by atoms with Crippen molar-refractivity contribution in [2.45, 2.75) is 40.5 Å². The van der Waals surface area contributed by atoms with E-state index in [-0.39, 0.29) is 5.56 Å². The van der Waals surface area contributed by atoms with Crippen LogP contribution in [0.1, 0.15) is 49.5 Å². The van der Waals surface area contributed by atoms with Crippen molar-refractivity contribution in [1.29, 1.82) is 0 Å². The fourth-order valence-electron chi connectivity index (χ4n) is 2.59. The predicted molar refractivity (Wildman–Crippen MR) is 110 cm³/mol. The van der Waals surface area contributed by atoms with E-state index in [9.17, 15) is 4.79 Å². The van der Waals surface area contributed by atoms with Crippen LogP contribution in [-0.2, 0) is 0 Å². The summed E-state index contributed by atoms with van der Waals surface area (Å²) in [5, 5.41) is 11.6. The van der Waals surface area contributed by atoms with Gasteiger partial charge >= 0.3 is 0 Å². The van der Waals surface area contributed by atoms with E-state index in [0.29, 0.717) is 18.7 Å². The first-order valence-corrected chi connectivity index (χ1v) is 9.75. The molecule has 3 rings (SSSR count). The van der Waals surface area contributed by atoms with E-state index in [2.05, 4.69) is 36.1 Å². The van der Waals surface area contributed by atoms with Crippen molar-refractivity contribution in [2.24, 2.45) is 11.8 Å². The zero-order chi connectivity index (χ0) is 21.2. The van der Waals surface area contributed by atoms with Crippen LogP contribution in [0.2, 0.25) is 0 Å². The fraction of sp³-hybridized carbons (Fsp3) is 0.476. The summed E-state index contributed by atoms with van der Waals surface area (Å²) in [5.74, 6) is 2.86. The molecule has 158 valence electrons. The molecule has 0 spiro atoms. The van der Waals surface area contributed by atoms with Gasteiger partial charge in [-0.25, -0.2) is 15.4 Å². The number of aromatic nitrogens is 2. The van der Waals surface area contributed by atoms with Gasteiger partial charge in [0.25, 0.3) is 5.91 Å². The molecule has 1 unspecified atom stereocenters. The monoisotopic (exact) mass is 402 g/mol. The van der Waals surface area contributed by atoms with Gasteiger partial charge in [0.15, 0.2) is 11.5 Å². The standard InChI is InChI=1S/C13H22N4O2.C8H8O2/c1-9(2)4-5-10(3)6-14-13-15-7-11(8-16-13)12(18)17-19;1-6-2-3-7-8(4-6)10-5-9-7/h7-10,19H,4-6H2,1-3H3,(H,17,18)(H,14,15,16);2-4H,5H2,1H3. The second-order valence-corrected chi connectivity index (χ2v) is 7.55. The normalized spacial score (nSPS) is 12.8. The first kappa shape index (κ1) is 22.4. The molecule has 2 heterocycles. The van der Waals surface area contributed by atoms with Crippen LogP contribution in [0.3, 0.4) is 0 Å². The van der Waals surface area contributed by atoms with Crippen molar-refractivity contribution in [3.63, 3.8) is 0 Å². The van der Waals surface area contributed by atoms with Gasteiger partial charge in [0.2, 0.25) is 12.7 Å². The number of hydroxylamine groups is 1. The molecule has 2 aromatic rings. The highest BCUT2D eigenvalue weighted by Crippen LogP contribution is 2.31. The van der Waals surface area contributed by atoms with Gasteiger partial charge in [-0.3, -0.25) is 10.0 Å². The third-order valence-corrected chi connectivity index (χ3v) is 4.39. The molecule has 1 aromatic carbocycles. The number of nitrogens with one attached hydrogen (secondary N) is 2. The van der Waals surface area contributed by atoms with Crippen LogP contribution in [0.4, 0.5) is 5.95 Å². The van der Waals surface area contributed by atoms with Crippen molar-refractivity contribution in [3.8, 4) is 11.5 Å². The Kier molecular flexibility index (Phi) is 8.67. The highest BCUT2D eigenvalue weighted by Gasteiger charge is 2.11. The van der Waals surface area contributed by atoms with Crippen molar-refractivity contribution in [3.05, 3.63) is 41.7 Å². The maximum Gasteiger partial charge on any atom is 0.277 e. The topological polar surface area (TPSA) is 106 Å². The van der Waals surface area contributed by atoms with Crippen molar-refractivity contribution in [2.75, 3.05) is 18.7 Å². The van der Waals surface area contributed by atoms with Crippen molar-refractivity contribution in [1.82, 2.24) is 15.4 Å². The summed E-state index contributed by atoms with van der Waals surface area (Å²) >= 11 is 0. The number of fused-ring (bicyclic) bond motifs is 1. The summed E-state index contributed by atoms with van der Waals surface area (Å²) in [7, 11) is 0. The number of carbonyl (C=O) groups excluding carboxylic acids is 1. The minimum atomic E-state index is -0.614. The lowest BCUT2D eigenvalue weighted by atomic mass is 9.99. The fourth-order valence-corrected chi connectivity index (χ4v) is 2.59. The number of hydrogen-bond donors (Lipinski definition) is 3. The molecule has 0 saturated heterocycles. The Morgan fingerprint density at radius 2 is 1.83 bits per heavy atom. The Bertz CT molecular complexity index is 781. The quantitative estimate of drug-likeness (QED) is 0.478. The predicted octanol–water partition coefficient (Wildman–Crippen LogP) is 3.80. The number of nitrogens with zero attached hydrogens (tertiary/aromatic N) is 2. The second kappa shape index (κ2) is 11.2. The van der Waals surface area contributed by atoms with Gasteiger partial charge in [-0.1, -0.05) is 33.3 Å². The van der Waals surface area contributed by atoms with Gasteiger partial charge in [-0.2, -0.15) is 0 Å². The van der Waals surface area contributed by atoms with Crippen LogP contribution in [0, 0.1) is 18.8 Å². The number of amides is 1. The summed E-state index contributed by atoms with van der Waals surface area (Å²) in [6, 6.07) is 5.91. The first-order valence-electron chi connectivity index (χ1n) is 9.75. The Labute approximate surface area is 171 Å². The zero-order valence-electron chi connectivity index (χ0n) is 17.4. The highest BCUT2D eigenvalue weighted by atomic mass is 16.7. The lowest BCUT2D eigenvalue weighted by Gasteiger charge is -2.13. The summed E-state index contributed by atoms with van der Waals surface area (Å²) in [5.41, 5.74) is 2.96. The zero-order valence-corrected chi connectivity index (χ0v) is 17.4. The molecule has 0 bridgehead atoms. The van der Waals surface area contributed by atoms with Crippen LogP contribution in [0.15, 0.2) is 30.6 Å². The van der Waals surface area contributed by atoms with E-state index >= 15 is 0 Å². The highest BCUT2D eigenvalue weighted by molar-refractivity contribution is 5.92. The van der Waals surface area contributed by atoms with Gasteiger partial charge in [-0.15, -0.1) is 0 Å². The average Bonchev–Trinajstić information content (AvgIpc) is 3.18. The molecule has 1 amide bonds. The summed E-state index contributed by atoms with van der Waals surface area (Å²) in [6.45, 7) is 9.81. The molecule has 0 aliphatic carbocycles. The minimum Gasteiger partial charge on any atom is -0.454 e. The lowest BCUT2D eigenvalue weighted by molar-refractivity contribution is 0.0705. The van der Waals surface area contributed by atoms with Crippen molar-refractivity contribution < 1.29 is 19.5 Å². The van der Waals surface area contributed by atoms with E-state index in [1.165, 1.54) is 29.9 Å².